The third-order valence-corrected chi connectivity index (χ3v) is 7.10. The Balaban J connectivity index is 2.00. The van der Waals surface area contributed by atoms with Crippen LogP contribution < -0.4 is 14.8 Å². The third kappa shape index (κ3) is 5.13. The summed E-state index contributed by atoms with van der Waals surface area (Å²) in [5.74, 6) is 0.188. The van der Waals surface area contributed by atoms with Crippen LogP contribution in [0.25, 0.3) is 0 Å². The van der Waals surface area contributed by atoms with Gasteiger partial charge in [0, 0.05) is 31.3 Å². The Morgan fingerprint density at radius 3 is 2.21 bits per heavy atom. The average Bonchev–Trinajstić information content (AvgIpc) is 2.69. The van der Waals surface area contributed by atoms with E-state index in [1.165, 1.54) is 7.11 Å². The molecule has 8 heteroatoms. The summed E-state index contributed by atoms with van der Waals surface area (Å²) in [6.45, 7) is 9.76. The van der Waals surface area contributed by atoms with Crippen molar-refractivity contribution in [3.05, 3.63) is 51.7 Å². The number of carbonyl (C=O) groups excluding carboxylic acids is 1. The van der Waals surface area contributed by atoms with Crippen LogP contribution in [-0.4, -0.2) is 33.0 Å². The first-order chi connectivity index (χ1) is 13.6. The highest BCUT2D eigenvalue weighted by atomic mass is 32.2. The van der Waals surface area contributed by atoms with Gasteiger partial charge >= 0.3 is 0 Å². The minimum atomic E-state index is -3.72. The summed E-state index contributed by atoms with van der Waals surface area (Å²) in [6.07, 6.45) is 1.64. The lowest BCUT2D eigenvalue weighted by atomic mass is 9.95. The highest BCUT2D eigenvalue weighted by Gasteiger charge is 2.23. The normalized spacial score (nSPS) is 11.4. The van der Waals surface area contributed by atoms with E-state index >= 15 is 0 Å². The van der Waals surface area contributed by atoms with Crippen LogP contribution in [0.1, 0.15) is 39.8 Å². The Labute approximate surface area is 172 Å². The molecule has 0 bridgehead atoms. The summed E-state index contributed by atoms with van der Waals surface area (Å²) in [5, 5.41) is 2.75. The number of benzene rings is 1. The minimum absolute atomic E-state index is 0.0171. The zero-order valence-corrected chi connectivity index (χ0v) is 18.7. The maximum Gasteiger partial charge on any atom is 0.241 e. The summed E-state index contributed by atoms with van der Waals surface area (Å²) in [5.41, 5.74) is 5.27. The van der Waals surface area contributed by atoms with Crippen LogP contribution in [0.3, 0.4) is 0 Å². The summed E-state index contributed by atoms with van der Waals surface area (Å²) in [7, 11) is -2.20. The fourth-order valence-corrected chi connectivity index (χ4v) is 4.89. The van der Waals surface area contributed by atoms with Crippen molar-refractivity contribution >= 4 is 15.9 Å². The van der Waals surface area contributed by atoms with E-state index in [-0.39, 0.29) is 25.4 Å². The lowest BCUT2D eigenvalue weighted by Crippen LogP contribution is -2.31. The fourth-order valence-electron chi connectivity index (χ4n) is 3.26. The van der Waals surface area contributed by atoms with Gasteiger partial charge in [-0.3, -0.25) is 4.79 Å². The second-order valence-corrected chi connectivity index (χ2v) is 8.75. The van der Waals surface area contributed by atoms with Gasteiger partial charge in [0.2, 0.25) is 21.8 Å². The molecule has 1 heterocycles. The zero-order valence-electron chi connectivity index (χ0n) is 17.8. The number of nitrogens with one attached hydrogen (secondary N) is 2. The second-order valence-electron chi connectivity index (χ2n) is 7.05. The van der Waals surface area contributed by atoms with Crippen molar-refractivity contribution in [1.82, 2.24) is 15.0 Å². The largest absolute Gasteiger partial charge is 0.481 e. The van der Waals surface area contributed by atoms with Gasteiger partial charge in [0.05, 0.1) is 12.0 Å². The lowest BCUT2D eigenvalue weighted by molar-refractivity contribution is -0.121. The van der Waals surface area contributed by atoms with E-state index in [1.54, 1.807) is 12.3 Å². The highest BCUT2D eigenvalue weighted by Crippen LogP contribution is 2.29. The van der Waals surface area contributed by atoms with Gasteiger partial charge in [-0.25, -0.2) is 18.1 Å². The Morgan fingerprint density at radius 2 is 1.62 bits per heavy atom. The summed E-state index contributed by atoms with van der Waals surface area (Å²) < 4.78 is 33.4. The van der Waals surface area contributed by atoms with Gasteiger partial charge in [-0.1, -0.05) is 6.07 Å². The molecule has 158 valence electrons. The molecule has 0 saturated heterocycles. The molecular weight excluding hydrogens is 390 g/mol. The molecule has 0 aliphatic rings. The van der Waals surface area contributed by atoms with Crippen LogP contribution >= 0.6 is 0 Å². The fraction of sp³-hybridized carbons (Fsp3) is 0.429. The first-order valence-electron chi connectivity index (χ1n) is 9.41. The molecule has 2 aromatic rings. The van der Waals surface area contributed by atoms with E-state index in [2.05, 4.69) is 15.0 Å². The molecule has 0 fully saturated rings. The first-order valence-corrected chi connectivity index (χ1v) is 10.9. The Bertz CT molecular complexity index is 988. The number of ether oxygens (including phenoxy) is 1. The van der Waals surface area contributed by atoms with Crippen molar-refractivity contribution in [2.75, 3.05) is 13.7 Å². The van der Waals surface area contributed by atoms with Crippen LogP contribution in [0.2, 0.25) is 0 Å². The predicted molar refractivity (Wildman–Crippen MR) is 113 cm³/mol. The molecule has 0 saturated carbocycles. The molecule has 0 radical (unpaired) electrons. The summed E-state index contributed by atoms with van der Waals surface area (Å²) in [6, 6.07) is 3.57. The number of nitrogens with zero attached hydrogens (tertiary/aromatic N) is 1. The molecule has 0 aliphatic carbocycles. The number of amides is 1. The molecule has 7 nitrogen and oxygen atoms in total. The maximum absolute atomic E-state index is 12.9. The quantitative estimate of drug-likeness (QED) is 0.685. The number of methoxy groups -OCH3 is 1. The van der Waals surface area contributed by atoms with Gasteiger partial charge < -0.3 is 10.1 Å². The van der Waals surface area contributed by atoms with Gasteiger partial charge in [0.1, 0.15) is 0 Å². The van der Waals surface area contributed by atoms with Crippen LogP contribution in [0, 0.1) is 34.6 Å². The van der Waals surface area contributed by atoms with Crippen molar-refractivity contribution < 1.29 is 17.9 Å². The average molecular weight is 420 g/mol. The number of sulfonamides is 1. The second kappa shape index (κ2) is 9.37. The van der Waals surface area contributed by atoms with E-state index in [4.69, 9.17) is 4.74 Å². The van der Waals surface area contributed by atoms with Gasteiger partial charge in [0.25, 0.3) is 0 Å². The highest BCUT2D eigenvalue weighted by molar-refractivity contribution is 7.89. The van der Waals surface area contributed by atoms with Crippen LogP contribution in [0.4, 0.5) is 0 Å². The molecule has 0 atom stereocenters. The molecule has 2 rings (SSSR count). The molecule has 0 unspecified atom stereocenters. The van der Waals surface area contributed by atoms with E-state index in [0.717, 1.165) is 33.4 Å². The van der Waals surface area contributed by atoms with E-state index in [0.29, 0.717) is 10.8 Å². The molecule has 29 heavy (non-hydrogen) atoms. The molecule has 1 amide bonds. The maximum atomic E-state index is 12.9. The molecule has 2 N–H and O–H groups in total. The van der Waals surface area contributed by atoms with Crippen LogP contribution in [0.5, 0.6) is 5.88 Å². The van der Waals surface area contributed by atoms with Gasteiger partial charge in [-0.05, 0) is 68.5 Å². The number of aromatic nitrogens is 1. The minimum Gasteiger partial charge on any atom is -0.481 e. The summed E-state index contributed by atoms with van der Waals surface area (Å²) in [4.78, 5) is 16.5. The standard InChI is InChI=1S/C21H29N3O4S/c1-13-14(2)16(4)20(17(5)15(13)3)29(26,27)24-11-9-19(25)23-12-18-8-7-10-22-21(18)28-6/h7-8,10,24H,9,11-12H2,1-6H3,(H,23,25). The van der Waals surface area contributed by atoms with Crippen molar-refractivity contribution in [3.8, 4) is 5.88 Å². The number of hydrogen-bond acceptors (Lipinski definition) is 5. The SMILES string of the molecule is COc1ncccc1CNC(=O)CCNS(=O)(=O)c1c(C)c(C)c(C)c(C)c1C. The topological polar surface area (TPSA) is 97.4 Å². The van der Waals surface area contributed by atoms with Crippen molar-refractivity contribution in [3.63, 3.8) is 0 Å². The van der Waals surface area contributed by atoms with Crippen LogP contribution in [-0.2, 0) is 21.4 Å². The number of rotatable bonds is 8. The number of carbonyl (C=O) groups is 1. The molecule has 1 aromatic heterocycles. The van der Waals surface area contributed by atoms with Crippen molar-refractivity contribution in [2.45, 2.75) is 52.5 Å². The summed E-state index contributed by atoms with van der Waals surface area (Å²) >= 11 is 0. The number of pyridine rings is 1. The molecule has 1 aromatic carbocycles. The van der Waals surface area contributed by atoms with E-state index in [9.17, 15) is 13.2 Å². The molecule has 0 spiro atoms. The Kier molecular flexibility index (Phi) is 7.37. The Hall–Kier alpha value is -2.45. The Morgan fingerprint density at radius 1 is 1.03 bits per heavy atom. The smallest absolute Gasteiger partial charge is 0.241 e. The predicted octanol–water partition coefficient (Wildman–Crippen LogP) is 2.62. The van der Waals surface area contributed by atoms with Crippen molar-refractivity contribution in [1.29, 1.82) is 0 Å². The van der Waals surface area contributed by atoms with E-state index < -0.39 is 10.0 Å². The van der Waals surface area contributed by atoms with Gasteiger partial charge in [-0.2, -0.15) is 0 Å². The first kappa shape index (κ1) is 22.8. The third-order valence-electron chi connectivity index (χ3n) is 5.36. The monoisotopic (exact) mass is 419 g/mol. The molecule has 0 aliphatic heterocycles. The lowest BCUT2D eigenvalue weighted by Gasteiger charge is -2.19. The van der Waals surface area contributed by atoms with Gasteiger partial charge in [0.15, 0.2) is 0 Å². The molecular formula is C21H29N3O4S. The van der Waals surface area contributed by atoms with Gasteiger partial charge in [-0.15, -0.1) is 0 Å². The van der Waals surface area contributed by atoms with Crippen LogP contribution in [0.15, 0.2) is 23.2 Å². The van der Waals surface area contributed by atoms with Crippen molar-refractivity contribution in [2.24, 2.45) is 0 Å². The van der Waals surface area contributed by atoms with E-state index in [1.807, 2.05) is 40.7 Å². The number of hydrogen-bond donors (Lipinski definition) is 2. The zero-order chi connectivity index (χ0) is 21.8.